The molecule has 34 heavy (non-hydrogen) atoms. The third-order valence-corrected chi connectivity index (χ3v) is 6.10. The number of ether oxygens (including phenoxy) is 3. The highest BCUT2D eigenvalue weighted by molar-refractivity contribution is 7.80. The molecule has 2 aromatic carbocycles. The summed E-state index contributed by atoms with van der Waals surface area (Å²) in [6.07, 6.45) is 1.90. The van der Waals surface area contributed by atoms with E-state index in [4.69, 9.17) is 26.4 Å². The summed E-state index contributed by atoms with van der Waals surface area (Å²) in [7, 11) is 3.02. The molecule has 0 unspecified atom stereocenters. The number of carbonyl (C=O) groups excluding carboxylic acids is 1. The van der Waals surface area contributed by atoms with E-state index in [-0.39, 0.29) is 11.8 Å². The van der Waals surface area contributed by atoms with Crippen LogP contribution < -0.4 is 24.8 Å². The number of hydrogen-bond acceptors (Lipinski definition) is 5. The largest absolute Gasteiger partial charge is 0.497 e. The number of rotatable bonds is 8. The van der Waals surface area contributed by atoms with Gasteiger partial charge in [0.1, 0.15) is 17.2 Å². The minimum atomic E-state index is -3.01. The average Bonchev–Trinajstić information content (AvgIpc) is 3.63. The predicted molar refractivity (Wildman–Crippen MR) is 127 cm³/mol. The number of amides is 1. The molecule has 0 radical (unpaired) electrons. The van der Waals surface area contributed by atoms with Gasteiger partial charge in [-0.1, -0.05) is 18.2 Å². The topological polar surface area (TPSA) is 72.1 Å². The number of alkyl halides is 2. The van der Waals surface area contributed by atoms with Gasteiger partial charge in [0.05, 0.1) is 31.5 Å². The number of hydrogen-bond donors (Lipinski definition) is 2. The molecule has 2 aliphatic rings. The van der Waals surface area contributed by atoms with Crippen LogP contribution in [-0.2, 0) is 4.79 Å². The molecule has 0 bridgehead atoms. The molecule has 1 fully saturated rings. The van der Waals surface area contributed by atoms with Crippen molar-refractivity contribution >= 4 is 28.9 Å². The summed E-state index contributed by atoms with van der Waals surface area (Å²) in [6, 6.07) is 10.8. The van der Waals surface area contributed by atoms with Crippen LogP contribution in [-0.4, -0.2) is 42.8 Å². The second kappa shape index (κ2) is 9.84. The van der Waals surface area contributed by atoms with Crippen LogP contribution >= 0.6 is 12.2 Å². The number of thiocarbonyl (C=S) groups is 1. The zero-order valence-electron chi connectivity index (χ0n) is 18.9. The fourth-order valence-corrected chi connectivity index (χ4v) is 4.48. The molecular weight excluding hydrogens is 464 g/mol. The van der Waals surface area contributed by atoms with Crippen molar-refractivity contribution < 1.29 is 27.8 Å². The van der Waals surface area contributed by atoms with Crippen LogP contribution in [0.2, 0.25) is 0 Å². The highest BCUT2D eigenvalue weighted by Gasteiger charge is 2.41. The summed E-state index contributed by atoms with van der Waals surface area (Å²) in [5.41, 5.74) is 1.79. The number of benzene rings is 2. The third-order valence-electron chi connectivity index (χ3n) is 5.78. The second-order valence-electron chi connectivity index (χ2n) is 7.92. The van der Waals surface area contributed by atoms with Gasteiger partial charge < -0.3 is 29.7 Å². The average molecular weight is 490 g/mol. The number of carbonyl (C=O) groups is 1. The lowest BCUT2D eigenvalue weighted by Crippen LogP contribution is -2.49. The Kier molecular flexibility index (Phi) is 6.87. The monoisotopic (exact) mass is 489 g/mol. The van der Waals surface area contributed by atoms with E-state index in [1.54, 1.807) is 36.4 Å². The zero-order chi connectivity index (χ0) is 24.4. The number of nitrogens with zero attached hydrogens (tertiary/aromatic N) is 1. The maximum atomic E-state index is 13.7. The molecule has 1 aliphatic carbocycles. The van der Waals surface area contributed by atoms with Crippen molar-refractivity contribution in [1.82, 2.24) is 10.2 Å². The van der Waals surface area contributed by atoms with Crippen LogP contribution in [0.1, 0.15) is 31.4 Å². The smallest absolute Gasteiger partial charge is 0.387 e. The fourth-order valence-electron chi connectivity index (χ4n) is 4.08. The first-order valence-corrected chi connectivity index (χ1v) is 11.1. The van der Waals surface area contributed by atoms with Crippen LogP contribution in [0.4, 0.5) is 14.5 Å². The first-order chi connectivity index (χ1) is 16.3. The van der Waals surface area contributed by atoms with Crippen molar-refractivity contribution in [2.24, 2.45) is 0 Å². The Balaban J connectivity index is 1.78. The number of halogens is 2. The Bertz CT molecular complexity index is 1140. The molecule has 1 aliphatic heterocycles. The van der Waals surface area contributed by atoms with Crippen LogP contribution in [0.3, 0.4) is 0 Å². The van der Waals surface area contributed by atoms with Crippen LogP contribution in [0.25, 0.3) is 0 Å². The molecule has 1 amide bonds. The zero-order valence-corrected chi connectivity index (χ0v) is 19.7. The number of methoxy groups -OCH3 is 2. The van der Waals surface area contributed by atoms with E-state index in [1.807, 2.05) is 11.8 Å². The van der Waals surface area contributed by atoms with Gasteiger partial charge in [-0.25, -0.2) is 0 Å². The summed E-state index contributed by atoms with van der Waals surface area (Å²) in [5.74, 6) is 0.525. The standard InChI is InChI=1S/C24H25F2N3O4S/c1-13-20(22(30)27-17-12-15(31-2)10-11-19(17)32-3)21(28-24(34)29(13)14-8-9-14)16-6-4-5-7-18(16)33-23(25)26/h4-7,10-12,14,21,23H,8-9H2,1-3H3,(H,27,30)(H,28,34)/t21-/m0/s1. The predicted octanol–water partition coefficient (Wildman–Crippen LogP) is 4.61. The van der Waals surface area contributed by atoms with Crippen LogP contribution in [0.5, 0.6) is 17.2 Å². The van der Waals surface area contributed by atoms with Gasteiger partial charge in [0.2, 0.25) is 0 Å². The lowest BCUT2D eigenvalue weighted by atomic mass is 9.93. The Morgan fingerprint density at radius 1 is 1.15 bits per heavy atom. The summed E-state index contributed by atoms with van der Waals surface area (Å²) in [6.45, 7) is -1.20. The maximum Gasteiger partial charge on any atom is 0.387 e. The number of anilines is 1. The molecule has 0 aromatic heterocycles. The summed E-state index contributed by atoms with van der Waals surface area (Å²) >= 11 is 5.59. The molecule has 0 saturated heterocycles. The van der Waals surface area contributed by atoms with Crippen molar-refractivity contribution in [3.05, 3.63) is 59.3 Å². The van der Waals surface area contributed by atoms with Gasteiger partial charge >= 0.3 is 6.61 Å². The lowest BCUT2D eigenvalue weighted by molar-refractivity contribution is -0.113. The van der Waals surface area contributed by atoms with Gasteiger partial charge in [-0.05, 0) is 50.2 Å². The molecule has 4 rings (SSSR count). The maximum absolute atomic E-state index is 13.7. The van der Waals surface area contributed by atoms with Crippen molar-refractivity contribution in [3.8, 4) is 17.2 Å². The second-order valence-corrected chi connectivity index (χ2v) is 8.31. The molecule has 0 spiro atoms. The highest BCUT2D eigenvalue weighted by atomic mass is 32.1. The molecule has 2 N–H and O–H groups in total. The van der Waals surface area contributed by atoms with E-state index in [9.17, 15) is 13.6 Å². The van der Waals surface area contributed by atoms with Gasteiger partial charge in [0, 0.05) is 23.4 Å². The van der Waals surface area contributed by atoms with Crippen LogP contribution in [0, 0.1) is 0 Å². The van der Waals surface area contributed by atoms with E-state index < -0.39 is 18.6 Å². The Hall–Kier alpha value is -3.40. The molecule has 1 saturated carbocycles. The minimum Gasteiger partial charge on any atom is -0.497 e. The van der Waals surface area contributed by atoms with Gasteiger partial charge in [0.15, 0.2) is 5.11 Å². The fraction of sp³-hybridized carbons (Fsp3) is 0.333. The van der Waals surface area contributed by atoms with Gasteiger partial charge in [0.25, 0.3) is 5.91 Å². The first-order valence-electron chi connectivity index (χ1n) is 10.7. The SMILES string of the molecule is COc1ccc(OC)c(NC(=O)C2=C(C)N(C3CC3)C(=S)N[C@H]2c2ccccc2OC(F)F)c1. The third kappa shape index (κ3) is 4.77. The molecule has 1 atom stereocenters. The van der Waals surface area contributed by atoms with Gasteiger partial charge in [-0.2, -0.15) is 8.78 Å². The highest BCUT2D eigenvalue weighted by Crippen LogP contribution is 2.41. The van der Waals surface area contributed by atoms with E-state index in [0.717, 1.165) is 12.8 Å². The summed E-state index contributed by atoms with van der Waals surface area (Å²) in [4.78, 5) is 15.6. The van der Waals surface area contributed by atoms with E-state index >= 15 is 0 Å². The van der Waals surface area contributed by atoms with Crippen molar-refractivity contribution in [3.63, 3.8) is 0 Å². The Morgan fingerprint density at radius 3 is 2.53 bits per heavy atom. The van der Waals surface area contributed by atoms with Crippen molar-refractivity contribution in [1.29, 1.82) is 0 Å². The molecule has 2 aromatic rings. The summed E-state index contributed by atoms with van der Waals surface area (Å²) < 4.78 is 41.6. The van der Waals surface area contributed by atoms with E-state index in [2.05, 4.69) is 10.6 Å². The molecule has 10 heteroatoms. The van der Waals surface area contributed by atoms with E-state index in [1.165, 1.54) is 20.3 Å². The first kappa shape index (κ1) is 23.7. The van der Waals surface area contributed by atoms with Gasteiger partial charge in [-0.15, -0.1) is 0 Å². The number of para-hydroxylation sites is 1. The van der Waals surface area contributed by atoms with Gasteiger partial charge in [-0.3, -0.25) is 4.79 Å². The number of allylic oxidation sites excluding steroid dienone is 1. The van der Waals surface area contributed by atoms with E-state index in [0.29, 0.717) is 39.1 Å². The van der Waals surface area contributed by atoms with Crippen LogP contribution in [0.15, 0.2) is 53.7 Å². The Morgan fingerprint density at radius 2 is 1.88 bits per heavy atom. The normalized spacial score (nSPS) is 18.0. The molecule has 1 heterocycles. The molecular formula is C24H25F2N3O4S. The Labute approximate surface area is 201 Å². The molecule has 180 valence electrons. The van der Waals surface area contributed by atoms with Crippen molar-refractivity contribution in [2.45, 2.75) is 38.5 Å². The minimum absolute atomic E-state index is 0.0327. The lowest BCUT2D eigenvalue weighted by Gasteiger charge is -2.38. The quantitative estimate of drug-likeness (QED) is 0.525. The number of nitrogens with one attached hydrogen (secondary N) is 2. The van der Waals surface area contributed by atoms with Crippen molar-refractivity contribution in [2.75, 3.05) is 19.5 Å². The summed E-state index contributed by atoms with van der Waals surface area (Å²) in [5, 5.41) is 6.50. The molecule has 7 nitrogen and oxygen atoms in total.